The smallest absolute Gasteiger partial charge is 0.306 e. The lowest BCUT2D eigenvalue weighted by Crippen LogP contribution is -2.37. The number of hydrogen-bond acceptors (Lipinski definition) is 8. The van der Waals surface area contributed by atoms with Gasteiger partial charge in [0.1, 0.15) is 19.8 Å². The topological polar surface area (TPSA) is 111 Å². The summed E-state index contributed by atoms with van der Waals surface area (Å²) < 4.78 is 34.2. The standard InChI is InChI=1S/C62H112NO8P/c1-6-8-10-12-14-16-18-20-22-24-26-27-28-29-30-31-32-33-34-35-37-39-41-43-45-47-49-51-53-55-62(65)71-60(59-70-72(66,67)69-57-56-63(3,4)5)58-68-61(64)54-52-50-48-46-44-42-40-38-36-25-23-21-19-17-15-13-11-9-7-2/h15,17-18,20-21,23-24,26,28-29,36,38,60H,6-14,16,19,22,25,27,30-35,37,39-59H2,1-5H3/b17-15-,20-18-,23-21-,26-24-,29-28-,38-36-. The molecule has 0 aromatic heterocycles. The Kier molecular flexibility index (Phi) is 51.4. The predicted molar refractivity (Wildman–Crippen MR) is 305 cm³/mol. The Hall–Kier alpha value is -2.55. The summed E-state index contributed by atoms with van der Waals surface area (Å²) in [4.78, 5) is 37.9. The average molecular weight is 1030 g/mol. The zero-order valence-corrected chi connectivity index (χ0v) is 48.3. The van der Waals surface area contributed by atoms with Gasteiger partial charge >= 0.3 is 11.9 Å². The second kappa shape index (κ2) is 53.3. The van der Waals surface area contributed by atoms with Gasteiger partial charge in [0.2, 0.25) is 0 Å². The molecule has 0 aliphatic rings. The van der Waals surface area contributed by atoms with Gasteiger partial charge in [0, 0.05) is 12.8 Å². The number of hydrogen-bond donors (Lipinski definition) is 0. The van der Waals surface area contributed by atoms with Gasteiger partial charge in [-0.3, -0.25) is 14.2 Å². The highest BCUT2D eigenvalue weighted by atomic mass is 31.2. The molecule has 0 saturated heterocycles. The number of carbonyl (C=O) groups excluding carboxylic acids is 2. The van der Waals surface area contributed by atoms with E-state index in [1.165, 1.54) is 148 Å². The Morgan fingerprint density at radius 3 is 1.14 bits per heavy atom. The van der Waals surface area contributed by atoms with Crippen LogP contribution >= 0.6 is 7.82 Å². The number of phosphoric ester groups is 1. The van der Waals surface area contributed by atoms with Crippen molar-refractivity contribution < 1.29 is 42.1 Å². The first-order valence-corrected chi connectivity index (χ1v) is 31.1. The summed E-state index contributed by atoms with van der Waals surface area (Å²) in [5.74, 6) is -0.846. The van der Waals surface area contributed by atoms with E-state index in [1.54, 1.807) is 0 Å². The fraction of sp³-hybridized carbons (Fsp3) is 0.774. The van der Waals surface area contributed by atoms with Crippen LogP contribution in [0.25, 0.3) is 0 Å². The summed E-state index contributed by atoms with van der Waals surface area (Å²) in [5.41, 5.74) is 0. The third kappa shape index (κ3) is 56.7. The third-order valence-corrected chi connectivity index (χ3v) is 13.7. The molecule has 0 bridgehead atoms. The van der Waals surface area contributed by atoms with E-state index in [2.05, 4.69) is 86.8 Å². The molecule has 2 unspecified atom stereocenters. The monoisotopic (exact) mass is 1030 g/mol. The molecule has 0 heterocycles. The van der Waals surface area contributed by atoms with Crippen LogP contribution in [-0.2, 0) is 32.7 Å². The number of nitrogens with zero attached hydrogens (tertiary/aromatic N) is 1. The zero-order chi connectivity index (χ0) is 52.7. The molecule has 0 amide bonds. The van der Waals surface area contributed by atoms with Crippen LogP contribution in [-0.4, -0.2) is 70.0 Å². The lowest BCUT2D eigenvalue weighted by atomic mass is 10.0. The van der Waals surface area contributed by atoms with Crippen LogP contribution in [0.4, 0.5) is 0 Å². The number of unbranched alkanes of at least 4 members (excludes halogenated alkanes) is 28. The van der Waals surface area contributed by atoms with Gasteiger partial charge in [0.15, 0.2) is 6.10 Å². The summed E-state index contributed by atoms with van der Waals surface area (Å²) in [6, 6.07) is 0. The van der Waals surface area contributed by atoms with E-state index in [9.17, 15) is 19.0 Å². The van der Waals surface area contributed by atoms with Gasteiger partial charge in [0.25, 0.3) is 7.82 Å². The molecule has 0 fully saturated rings. The molecule has 10 heteroatoms. The first kappa shape index (κ1) is 69.5. The van der Waals surface area contributed by atoms with Crippen LogP contribution in [0.5, 0.6) is 0 Å². The largest absolute Gasteiger partial charge is 0.756 e. The van der Waals surface area contributed by atoms with Crippen molar-refractivity contribution >= 4 is 19.8 Å². The second-order valence-electron chi connectivity index (χ2n) is 21.0. The predicted octanol–water partition coefficient (Wildman–Crippen LogP) is 17.8. The zero-order valence-electron chi connectivity index (χ0n) is 47.4. The van der Waals surface area contributed by atoms with Crippen LogP contribution in [0, 0.1) is 0 Å². The highest BCUT2D eigenvalue weighted by molar-refractivity contribution is 7.45. The fourth-order valence-electron chi connectivity index (χ4n) is 8.08. The van der Waals surface area contributed by atoms with Crippen LogP contribution in [0.15, 0.2) is 72.9 Å². The Labute approximate surface area is 444 Å². The van der Waals surface area contributed by atoms with Gasteiger partial charge in [-0.15, -0.1) is 0 Å². The summed E-state index contributed by atoms with van der Waals surface area (Å²) >= 11 is 0. The van der Waals surface area contributed by atoms with Gasteiger partial charge in [-0.25, -0.2) is 0 Å². The van der Waals surface area contributed by atoms with Crippen molar-refractivity contribution in [2.24, 2.45) is 0 Å². The number of allylic oxidation sites excluding steroid dienone is 12. The number of ether oxygens (including phenoxy) is 2. The average Bonchev–Trinajstić information content (AvgIpc) is 3.34. The van der Waals surface area contributed by atoms with Gasteiger partial charge in [-0.05, 0) is 89.9 Å². The molecule has 418 valence electrons. The fourth-order valence-corrected chi connectivity index (χ4v) is 8.81. The Morgan fingerprint density at radius 1 is 0.431 bits per heavy atom. The lowest BCUT2D eigenvalue weighted by Gasteiger charge is -2.28. The quantitative estimate of drug-likeness (QED) is 0.0195. The highest BCUT2D eigenvalue weighted by Gasteiger charge is 2.22. The molecule has 0 aromatic rings. The minimum absolute atomic E-state index is 0.0355. The van der Waals surface area contributed by atoms with E-state index in [-0.39, 0.29) is 26.1 Å². The molecule has 2 atom stereocenters. The number of esters is 2. The number of likely N-dealkylation sites (N-methyl/N-ethyl adjacent to an activating group) is 1. The van der Waals surface area contributed by atoms with Crippen LogP contribution < -0.4 is 4.89 Å². The Balaban J connectivity index is 4.15. The molecule has 0 aliphatic heterocycles. The van der Waals surface area contributed by atoms with E-state index in [0.29, 0.717) is 23.9 Å². The maximum Gasteiger partial charge on any atom is 0.306 e. The number of rotatable bonds is 54. The first-order chi connectivity index (χ1) is 35.0. The van der Waals surface area contributed by atoms with Crippen molar-refractivity contribution in [1.29, 1.82) is 0 Å². The summed E-state index contributed by atoms with van der Waals surface area (Å²) in [6.45, 7) is 4.20. The van der Waals surface area contributed by atoms with E-state index in [4.69, 9.17) is 18.5 Å². The molecule has 0 radical (unpaired) electrons. The van der Waals surface area contributed by atoms with E-state index in [0.717, 1.165) is 70.6 Å². The minimum Gasteiger partial charge on any atom is -0.756 e. The van der Waals surface area contributed by atoms with Crippen molar-refractivity contribution in [1.82, 2.24) is 0 Å². The summed E-state index contributed by atoms with van der Waals surface area (Å²) in [5, 5.41) is 0. The van der Waals surface area contributed by atoms with Crippen LogP contribution in [0.2, 0.25) is 0 Å². The number of carbonyl (C=O) groups is 2. The molecule has 0 saturated carbocycles. The van der Waals surface area contributed by atoms with Gasteiger partial charge in [-0.2, -0.15) is 0 Å². The maximum atomic E-state index is 12.8. The molecule has 9 nitrogen and oxygen atoms in total. The molecular weight excluding hydrogens is 918 g/mol. The van der Waals surface area contributed by atoms with Crippen molar-refractivity contribution in [2.75, 3.05) is 47.5 Å². The highest BCUT2D eigenvalue weighted by Crippen LogP contribution is 2.38. The Bertz CT molecular complexity index is 1450. The first-order valence-electron chi connectivity index (χ1n) is 29.6. The maximum absolute atomic E-state index is 12.8. The molecule has 0 aromatic carbocycles. The second-order valence-corrected chi connectivity index (χ2v) is 22.4. The van der Waals surface area contributed by atoms with Gasteiger partial charge < -0.3 is 27.9 Å². The normalized spacial score (nSPS) is 13.8. The van der Waals surface area contributed by atoms with Gasteiger partial charge in [-0.1, -0.05) is 228 Å². The van der Waals surface area contributed by atoms with E-state index < -0.39 is 32.5 Å². The van der Waals surface area contributed by atoms with E-state index in [1.807, 2.05) is 21.1 Å². The van der Waals surface area contributed by atoms with E-state index >= 15 is 0 Å². The molecule has 0 N–H and O–H groups in total. The number of quaternary nitrogens is 1. The molecule has 0 rings (SSSR count). The molecule has 0 spiro atoms. The van der Waals surface area contributed by atoms with Crippen molar-refractivity contribution in [3.63, 3.8) is 0 Å². The molecular formula is C62H112NO8P. The lowest BCUT2D eigenvalue weighted by molar-refractivity contribution is -0.870. The van der Waals surface area contributed by atoms with Crippen molar-refractivity contribution in [3.8, 4) is 0 Å². The van der Waals surface area contributed by atoms with Crippen LogP contribution in [0.3, 0.4) is 0 Å². The third-order valence-electron chi connectivity index (χ3n) is 12.7. The molecule has 0 aliphatic carbocycles. The Morgan fingerprint density at radius 2 is 0.750 bits per heavy atom. The van der Waals surface area contributed by atoms with Gasteiger partial charge in [0.05, 0.1) is 27.7 Å². The van der Waals surface area contributed by atoms with Crippen LogP contribution in [0.1, 0.15) is 258 Å². The molecule has 72 heavy (non-hydrogen) atoms. The van der Waals surface area contributed by atoms with Crippen molar-refractivity contribution in [3.05, 3.63) is 72.9 Å². The number of phosphoric acid groups is 1. The SMILES string of the molecule is CCCCC/C=C\C/C=C\C/C=C\CCCCCCCCC(=O)OCC(COP(=O)([O-])OCC[N+](C)(C)C)OC(=O)CCCCCCCCCCCCCCCC/C=C\C/C=C\C/C=C\CCCCCCC. The van der Waals surface area contributed by atoms with Crippen molar-refractivity contribution in [2.45, 2.75) is 264 Å². The minimum atomic E-state index is -4.64. The summed E-state index contributed by atoms with van der Waals surface area (Å²) in [6.07, 6.45) is 69.4. The summed E-state index contributed by atoms with van der Waals surface area (Å²) in [7, 11) is 1.16.